The maximum absolute atomic E-state index is 6.33. The quantitative estimate of drug-likeness (QED) is 0.568. The Morgan fingerprint density at radius 3 is 2.21 bits per heavy atom. The minimum atomic E-state index is 0.457. The van der Waals surface area contributed by atoms with E-state index in [0.29, 0.717) is 28.9 Å². The molecule has 0 amide bonds. The van der Waals surface area contributed by atoms with Crippen molar-refractivity contribution in [3.63, 3.8) is 0 Å². The Morgan fingerprint density at radius 1 is 0.792 bits per heavy atom. The third kappa shape index (κ3) is 4.67. The average molecular weight is 358 g/mol. The Labute approximate surface area is 152 Å². The standard InChI is InChI=1S/C20H17Cl2NO/c21-17-9-6-15(7-10-17)14-24-20-11-8-16(12-19(20)22)13-23-18-4-2-1-3-5-18/h1-12,23H,13-14H2. The molecule has 3 rings (SSSR count). The van der Waals surface area contributed by atoms with Crippen LogP contribution >= 0.6 is 23.2 Å². The third-order valence-corrected chi connectivity index (χ3v) is 4.12. The Morgan fingerprint density at radius 2 is 1.50 bits per heavy atom. The van der Waals surface area contributed by atoms with Gasteiger partial charge in [-0.15, -0.1) is 0 Å². The van der Waals surface area contributed by atoms with Gasteiger partial charge in [0.2, 0.25) is 0 Å². The SMILES string of the molecule is Clc1ccc(COc2ccc(CNc3ccccc3)cc2Cl)cc1. The maximum Gasteiger partial charge on any atom is 0.138 e. The highest BCUT2D eigenvalue weighted by Gasteiger charge is 2.04. The fourth-order valence-corrected chi connectivity index (χ4v) is 2.66. The van der Waals surface area contributed by atoms with Gasteiger partial charge in [-0.05, 0) is 47.5 Å². The van der Waals surface area contributed by atoms with Crippen LogP contribution in [-0.4, -0.2) is 0 Å². The third-order valence-electron chi connectivity index (χ3n) is 3.57. The summed E-state index contributed by atoms with van der Waals surface area (Å²) >= 11 is 12.2. The van der Waals surface area contributed by atoms with Crippen molar-refractivity contribution in [2.45, 2.75) is 13.2 Å². The van der Waals surface area contributed by atoms with E-state index < -0.39 is 0 Å². The second-order valence-corrected chi connectivity index (χ2v) is 6.24. The molecule has 0 radical (unpaired) electrons. The lowest BCUT2D eigenvalue weighted by molar-refractivity contribution is 0.306. The second kappa shape index (κ2) is 8.09. The van der Waals surface area contributed by atoms with Crippen molar-refractivity contribution < 1.29 is 4.74 Å². The first-order valence-corrected chi connectivity index (χ1v) is 8.41. The van der Waals surface area contributed by atoms with Gasteiger partial charge < -0.3 is 10.1 Å². The first-order valence-electron chi connectivity index (χ1n) is 7.65. The summed E-state index contributed by atoms with van der Waals surface area (Å²) in [5.74, 6) is 0.676. The molecule has 0 aliphatic rings. The molecule has 1 N–H and O–H groups in total. The summed E-state index contributed by atoms with van der Waals surface area (Å²) in [7, 11) is 0. The minimum Gasteiger partial charge on any atom is -0.487 e. The molecule has 0 saturated heterocycles. The molecule has 0 fully saturated rings. The van der Waals surface area contributed by atoms with Crippen LogP contribution in [0.15, 0.2) is 72.8 Å². The Kier molecular flexibility index (Phi) is 5.63. The number of benzene rings is 3. The number of ether oxygens (including phenoxy) is 1. The van der Waals surface area contributed by atoms with E-state index in [1.165, 1.54) is 0 Å². The number of hydrogen-bond acceptors (Lipinski definition) is 2. The highest BCUT2D eigenvalue weighted by atomic mass is 35.5. The van der Waals surface area contributed by atoms with Gasteiger partial charge in [-0.25, -0.2) is 0 Å². The maximum atomic E-state index is 6.33. The summed E-state index contributed by atoms with van der Waals surface area (Å²) in [5.41, 5.74) is 3.23. The monoisotopic (exact) mass is 357 g/mol. The molecule has 3 aromatic carbocycles. The van der Waals surface area contributed by atoms with Crippen LogP contribution in [-0.2, 0) is 13.2 Å². The van der Waals surface area contributed by atoms with Crippen LogP contribution in [0.1, 0.15) is 11.1 Å². The highest BCUT2D eigenvalue weighted by molar-refractivity contribution is 6.32. The topological polar surface area (TPSA) is 21.3 Å². The zero-order chi connectivity index (χ0) is 16.8. The molecular formula is C20H17Cl2NO. The number of anilines is 1. The average Bonchev–Trinajstić information content (AvgIpc) is 2.61. The van der Waals surface area contributed by atoms with Crippen LogP contribution in [0, 0.1) is 0 Å². The number of para-hydroxylation sites is 1. The van der Waals surface area contributed by atoms with Gasteiger partial charge in [-0.3, -0.25) is 0 Å². The molecule has 122 valence electrons. The first kappa shape index (κ1) is 16.7. The van der Waals surface area contributed by atoms with Crippen LogP contribution in [0.2, 0.25) is 10.0 Å². The van der Waals surface area contributed by atoms with Gasteiger partial charge in [0, 0.05) is 17.3 Å². The smallest absolute Gasteiger partial charge is 0.138 e. The summed E-state index contributed by atoms with van der Waals surface area (Å²) in [4.78, 5) is 0. The van der Waals surface area contributed by atoms with E-state index in [0.717, 1.165) is 16.8 Å². The lowest BCUT2D eigenvalue weighted by Crippen LogP contribution is -2.00. The van der Waals surface area contributed by atoms with Crippen molar-refractivity contribution in [3.8, 4) is 5.75 Å². The van der Waals surface area contributed by atoms with Gasteiger partial charge in [-0.1, -0.05) is 59.6 Å². The molecule has 0 unspecified atom stereocenters. The van der Waals surface area contributed by atoms with E-state index >= 15 is 0 Å². The lowest BCUT2D eigenvalue weighted by Gasteiger charge is -2.11. The van der Waals surface area contributed by atoms with Crippen LogP contribution in [0.25, 0.3) is 0 Å². The number of halogens is 2. The van der Waals surface area contributed by atoms with Gasteiger partial charge in [0.15, 0.2) is 0 Å². The van der Waals surface area contributed by atoms with E-state index in [-0.39, 0.29) is 0 Å². The van der Waals surface area contributed by atoms with Crippen molar-refractivity contribution in [2.24, 2.45) is 0 Å². The fourth-order valence-electron chi connectivity index (χ4n) is 2.27. The van der Waals surface area contributed by atoms with Crippen molar-refractivity contribution >= 4 is 28.9 Å². The van der Waals surface area contributed by atoms with Crippen molar-refractivity contribution in [1.82, 2.24) is 0 Å². The van der Waals surface area contributed by atoms with E-state index in [4.69, 9.17) is 27.9 Å². The van der Waals surface area contributed by atoms with Crippen molar-refractivity contribution in [2.75, 3.05) is 5.32 Å². The van der Waals surface area contributed by atoms with E-state index in [9.17, 15) is 0 Å². The summed E-state index contributed by atoms with van der Waals surface area (Å²) < 4.78 is 5.79. The van der Waals surface area contributed by atoms with Crippen LogP contribution in [0.3, 0.4) is 0 Å². The molecule has 4 heteroatoms. The fraction of sp³-hybridized carbons (Fsp3) is 0.100. The van der Waals surface area contributed by atoms with Crippen molar-refractivity contribution in [3.05, 3.63) is 94.0 Å². The van der Waals surface area contributed by atoms with Gasteiger partial charge in [0.05, 0.1) is 5.02 Å². The second-order valence-electron chi connectivity index (χ2n) is 5.40. The minimum absolute atomic E-state index is 0.457. The molecule has 0 heterocycles. The molecule has 0 saturated carbocycles. The van der Waals surface area contributed by atoms with Crippen LogP contribution in [0.4, 0.5) is 5.69 Å². The highest BCUT2D eigenvalue weighted by Crippen LogP contribution is 2.27. The molecule has 0 spiro atoms. The van der Waals surface area contributed by atoms with Crippen LogP contribution < -0.4 is 10.1 Å². The molecule has 0 atom stereocenters. The number of hydrogen-bond donors (Lipinski definition) is 1. The predicted octanol–water partition coefficient (Wildman–Crippen LogP) is 6.18. The Bertz CT molecular complexity index is 788. The van der Waals surface area contributed by atoms with Gasteiger partial charge >= 0.3 is 0 Å². The molecular weight excluding hydrogens is 341 g/mol. The zero-order valence-corrected chi connectivity index (χ0v) is 14.5. The molecule has 24 heavy (non-hydrogen) atoms. The number of rotatable bonds is 6. The Balaban J connectivity index is 1.59. The molecule has 2 nitrogen and oxygen atoms in total. The number of nitrogens with one attached hydrogen (secondary N) is 1. The Hall–Kier alpha value is -2.16. The van der Waals surface area contributed by atoms with Gasteiger partial charge in [-0.2, -0.15) is 0 Å². The summed E-state index contributed by atoms with van der Waals surface area (Å²) in [6, 6.07) is 23.5. The summed E-state index contributed by atoms with van der Waals surface area (Å²) in [6.07, 6.45) is 0. The summed E-state index contributed by atoms with van der Waals surface area (Å²) in [5, 5.41) is 4.68. The normalized spacial score (nSPS) is 10.4. The first-order chi connectivity index (χ1) is 11.7. The summed E-state index contributed by atoms with van der Waals surface area (Å²) in [6.45, 7) is 1.17. The van der Waals surface area contributed by atoms with E-state index in [2.05, 4.69) is 5.32 Å². The molecule has 0 aliphatic heterocycles. The molecule has 0 bridgehead atoms. The van der Waals surface area contributed by atoms with Crippen LogP contribution in [0.5, 0.6) is 5.75 Å². The predicted molar refractivity (Wildman–Crippen MR) is 101 cm³/mol. The van der Waals surface area contributed by atoms with E-state index in [1.54, 1.807) is 0 Å². The molecule has 3 aromatic rings. The van der Waals surface area contributed by atoms with E-state index in [1.807, 2.05) is 72.8 Å². The zero-order valence-electron chi connectivity index (χ0n) is 13.0. The largest absolute Gasteiger partial charge is 0.487 e. The molecule has 0 aromatic heterocycles. The molecule has 0 aliphatic carbocycles. The van der Waals surface area contributed by atoms with Gasteiger partial charge in [0.25, 0.3) is 0 Å². The van der Waals surface area contributed by atoms with Gasteiger partial charge in [0.1, 0.15) is 12.4 Å². The lowest BCUT2D eigenvalue weighted by atomic mass is 10.2. The van der Waals surface area contributed by atoms with Crippen molar-refractivity contribution in [1.29, 1.82) is 0 Å².